The number of hydrogen-bond donors (Lipinski definition) is 1. The molecule has 2 rings (SSSR count). The summed E-state index contributed by atoms with van der Waals surface area (Å²) in [4.78, 5) is 12.2. The van der Waals surface area contributed by atoms with Gasteiger partial charge in [-0.05, 0) is 12.1 Å². The number of para-hydroxylation sites is 1. The second kappa shape index (κ2) is 5.36. The Hall–Kier alpha value is -2.30. The molecular formula is C15H18N2O3. The van der Waals surface area contributed by atoms with Crippen LogP contribution in [0.15, 0.2) is 34.9 Å². The second-order valence-corrected chi connectivity index (χ2v) is 5.48. The molecule has 0 spiro atoms. The van der Waals surface area contributed by atoms with Crippen molar-refractivity contribution in [3.8, 4) is 5.75 Å². The normalized spacial score (nSPS) is 11.2. The first-order chi connectivity index (χ1) is 9.41. The van der Waals surface area contributed by atoms with Gasteiger partial charge in [-0.25, -0.2) is 0 Å². The quantitative estimate of drug-likeness (QED) is 0.933. The summed E-state index contributed by atoms with van der Waals surface area (Å²) in [5.41, 5.74) is 0.302. The lowest BCUT2D eigenvalue weighted by molar-refractivity contribution is 0.102. The smallest absolute Gasteiger partial charge is 0.260 e. The summed E-state index contributed by atoms with van der Waals surface area (Å²) < 4.78 is 10.4. The van der Waals surface area contributed by atoms with E-state index in [1.807, 2.05) is 26.8 Å². The van der Waals surface area contributed by atoms with Gasteiger partial charge in [0.25, 0.3) is 5.91 Å². The van der Waals surface area contributed by atoms with Crippen molar-refractivity contribution >= 4 is 11.7 Å². The van der Waals surface area contributed by atoms with Crippen molar-refractivity contribution in [2.75, 3.05) is 12.4 Å². The molecule has 1 N–H and O–H groups in total. The molecule has 106 valence electrons. The number of methoxy groups -OCH3 is 1. The van der Waals surface area contributed by atoms with Crippen LogP contribution in [0.1, 0.15) is 36.9 Å². The Balaban J connectivity index is 2.18. The van der Waals surface area contributed by atoms with E-state index < -0.39 is 0 Å². The molecule has 0 bridgehead atoms. The molecule has 0 aliphatic rings. The molecule has 0 aliphatic carbocycles. The van der Waals surface area contributed by atoms with Crippen LogP contribution in [0.2, 0.25) is 0 Å². The third kappa shape index (κ3) is 2.99. The molecule has 0 radical (unpaired) electrons. The number of benzene rings is 1. The minimum Gasteiger partial charge on any atom is -0.496 e. The topological polar surface area (TPSA) is 64.4 Å². The van der Waals surface area contributed by atoms with E-state index >= 15 is 0 Å². The van der Waals surface area contributed by atoms with Crippen LogP contribution in [0, 0.1) is 0 Å². The van der Waals surface area contributed by atoms with Gasteiger partial charge in [0.15, 0.2) is 5.82 Å². The van der Waals surface area contributed by atoms with E-state index in [0.29, 0.717) is 22.9 Å². The SMILES string of the molecule is COc1ccccc1C(=O)Nc1cc(C(C)(C)C)on1. The van der Waals surface area contributed by atoms with E-state index in [1.165, 1.54) is 7.11 Å². The van der Waals surface area contributed by atoms with E-state index in [4.69, 9.17) is 9.26 Å². The number of carbonyl (C=O) groups is 1. The molecule has 0 unspecified atom stereocenters. The van der Waals surface area contributed by atoms with Crippen LogP contribution in [0.3, 0.4) is 0 Å². The zero-order chi connectivity index (χ0) is 14.8. The van der Waals surface area contributed by atoms with Crippen molar-refractivity contribution in [2.24, 2.45) is 0 Å². The van der Waals surface area contributed by atoms with Gasteiger partial charge in [0.1, 0.15) is 11.5 Å². The predicted molar refractivity (Wildman–Crippen MR) is 76.2 cm³/mol. The number of anilines is 1. The highest BCUT2D eigenvalue weighted by molar-refractivity contribution is 6.05. The molecule has 1 aromatic heterocycles. The van der Waals surface area contributed by atoms with E-state index in [9.17, 15) is 4.79 Å². The van der Waals surface area contributed by atoms with E-state index in [2.05, 4.69) is 10.5 Å². The van der Waals surface area contributed by atoms with Crippen LogP contribution in [-0.2, 0) is 5.41 Å². The van der Waals surface area contributed by atoms with Crippen LogP contribution in [0.5, 0.6) is 5.75 Å². The number of nitrogens with one attached hydrogen (secondary N) is 1. The maximum atomic E-state index is 12.2. The van der Waals surface area contributed by atoms with Crippen LogP contribution in [-0.4, -0.2) is 18.2 Å². The van der Waals surface area contributed by atoms with Gasteiger partial charge in [0.05, 0.1) is 12.7 Å². The lowest BCUT2D eigenvalue weighted by atomic mass is 9.93. The highest BCUT2D eigenvalue weighted by Gasteiger charge is 2.21. The summed E-state index contributed by atoms with van der Waals surface area (Å²) in [6.07, 6.45) is 0. The largest absolute Gasteiger partial charge is 0.496 e. The molecule has 1 amide bonds. The van der Waals surface area contributed by atoms with E-state index in [0.717, 1.165) is 0 Å². The Labute approximate surface area is 117 Å². The van der Waals surface area contributed by atoms with Gasteiger partial charge in [0.2, 0.25) is 0 Å². The van der Waals surface area contributed by atoms with Crippen molar-refractivity contribution in [3.63, 3.8) is 0 Å². The van der Waals surface area contributed by atoms with Gasteiger partial charge < -0.3 is 14.6 Å². The number of aromatic nitrogens is 1. The van der Waals surface area contributed by atoms with Crippen molar-refractivity contribution < 1.29 is 14.1 Å². The fourth-order valence-electron chi connectivity index (χ4n) is 1.70. The summed E-state index contributed by atoms with van der Waals surface area (Å²) in [6.45, 7) is 6.04. The van der Waals surface area contributed by atoms with Gasteiger partial charge >= 0.3 is 0 Å². The van der Waals surface area contributed by atoms with E-state index in [1.54, 1.807) is 24.3 Å². The fraction of sp³-hybridized carbons (Fsp3) is 0.333. The van der Waals surface area contributed by atoms with E-state index in [-0.39, 0.29) is 11.3 Å². The fourth-order valence-corrected chi connectivity index (χ4v) is 1.70. The first kappa shape index (κ1) is 14.1. The molecule has 1 heterocycles. The Morgan fingerprint density at radius 3 is 2.60 bits per heavy atom. The number of amides is 1. The predicted octanol–water partition coefficient (Wildman–Crippen LogP) is 3.23. The molecule has 0 aliphatic heterocycles. The van der Waals surface area contributed by atoms with Gasteiger partial charge in [-0.2, -0.15) is 0 Å². The van der Waals surface area contributed by atoms with Gasteiger partial charge in [-0.3, -0.25) is 4.79 Å². The number of ether oxygens (including phenoxy) is 1. The zero-order valence-electron chi connectivity index (χ0n) is 12.1. The Morgan fingerprint density at radius 2 is 2.00 bits per heavy atom. The third-order valence-corrected chi connectivity index (χ3v) is 2.84. The maximum Gasteiger partial charge on any atom is 0.260 e. The van der Waals surface area contributed by atoms with Crippen molar-refractivity contribution in [1.29, 1.82) is 0 Å². The first-order valence-electron chi connectivity index (χ1n) is 6.33. The maximum absolute atomic E-state index is 12.2. The monoisotopic (exact) mass is 274 g/mol. The van der Waals surface area contributed by atoms with Gasteiger partial charge in [0, 0.05) is 11.5 Å². The Kier molecular flexibility index (Phi) is 3.79. The van der Waals surface area contributed by atoms with Crippen molar-refractivity contribution in [2.45, 2.75) is 26.2 Å². The highest BCUT2D eigenvalue weighted by atomic mass is 16.5. The number of hydrogen-bond acceptors (Lipinski definition) is 4. The number of nitrogens with zero attached hydrogens (tertiary/aromatic N) is 1. The highest BCUT2D eigenvalue weighted by Crippen LogP contribution is 2.25. The number of carbonyl (C=O) groups excluding carboxylic acids is 1. The van der Waals surface area contributed by atoms with Crippen molar-refractivity contribution in [3.05, 3.63) is 41.7 Å². The molecule has 0 atom stereocenters. The van der Waals surface area contributed by atoms with Crippen LogP contribution < -0.4 is 10.1 Å². The molecule has 0 saturated heterocycles. The molecule has 20 heavy (non-hydrogen) atoms. The Morgan fingerprint density at radius 1 is 1.30 bits per heavy atom. The van der Waals surface area contributed by atoms with Crippen LogP contribution in [0.4, 0.5) is 5.82 Å². The molecule has 2 aromatic rings. The summed E-state index contributed by atoms with van der Waals surface area (Å²) in [5.74, 6) is 1.35. The summed E-state index contributed by atoms with van der Waals surface area (Å²) in [5, 5.41) is 6.56. The summed E-state index contributed by atoms with van der Waals surface area (Å²) >= 11 is 0. The summed E-state index contributed by atoms with van der Waals surface area (Å²) in [7, 11) is 1.53. The third-order valence-electron chi connectivity index (χ3n) is 2.84. The molecular weight excluding hydrogens is 256 g/mol. The van der Waals surface area contributed by atoms with Crippen LogP contribution in [0.25, 0.3) is 0 Å². The summed E-state index contributed by atoms with van der Waals surface area (Å²) in [6, 6.07) is 8.74. The number of rotatable bonds is 3. The molecule has 1 aromatic carbocycles. The molecule has 0 saturated carbocycles. The molecule has 0 fully saturated rings. The lowest BCUT2D eigenvalue weighted by Crippen LogP contribution is -2.13. The minimum atomic E-state index is -0.281. The molecule has 5 heteroatoms. The average molecular weight is 274 g/mol. The van der Waals surface area contributed by atoms with Gasteiger partial charge in [-0.1, -0.05) is 38.1 Å². The Bertz CT molecular complexity index is 612. The van der Waals surface area contributed by atoms with Gasteiger partial charge in [-0.15, -0.1) is 0 Å². The first-order valence-corrected chi connectivity index (χ1v) is 6.33. The lowest BCUT2D eigenvalue weighted by Gasteiger charge is -2.12. The molecule has 5 nitrogen and oxygen atoms in total. The second-order valence-electron chi connectivity index (χ2n) is 5.48. The van der Waals surface area contributed by atoms with Crippen molar-refractivity contribution in [1.82, 2.24) is 5.16 Å². The minimum absolute atomic E-state index is 0.152. The standard InChI is InChI=1S/C15H18N2O3/c1-15(2,3)12-9-13(17-20-12)16-14(18)10-7-5-6-8-11(10)19-4/h5-9H,1-4H3,(H,16,17,18). The van der Waals surface area contributed by atoms with Crippen LogP contribution >= 0.6 is 0 Å². The zero-order valence-corrected chi connectivity index (χ0v) is 12.1. The average Bonchev–Trinajstić information content (AvgIpc) is 2.87.